The Morgan fingerprint density at radius 1 is 1.11 bits per heavy atom. The standard InChI is InChI=1S/C22H24N4O/c1-27-20-9-5-8-19(13-20)25-22-12-18-16-26(11-10-23-21(18)14-24-22)15-17-6-3-2-4-7-17/h2-9,12-14,23H,10-11,15-16H2,1H3,(H,24,25). The zero-order valence-corrected chi connectivity index (χ0v) is 15.5. The minimum atomic E-state index is 0.825. The fourth-order valence-corrected chi connectivity index (χ4v) is 3.35. The maximum absolute atomic E-state index is 5.29. The van der Waals surface area contributed by atoms with Gasteiger partial charge in [0.05, 0.1) is 19.0 Å². The highest BCUT2D eigenvalue weighted by atomic mass is 16.5. The van der Waals surface area contributed by atoms with Crippen molar-refractivity contribution < 1.29 is 4.74 Å². The molecule has 2 aromatic carbocycles. The van der Waals surface area contributed by atoms with Crippen molar-refractivity contribution in [3.63, 3.8) is 0 Å². The maximum Gasteiger partial charge on any atom is 0.130 e. The van der Waals surface area contributed by atoms with Gasteiger partial charge in [0.15, 0.2) is 0 Å². The van der Waals surface area contributed by atoms with Crippen LogP contribution in [0.15, 0.2) is 66.9 Å². The number of benzene rings is 2. The Balaban J connectivity index is 1.51. The molecule has 0 unspecified atom stereocenters. The average molecular weight is 360 g/mol. The van der Waals surface area contributed by atoms with Crippen LogP contribution < -0.4 is 15.4 Å². The van der Waals surface area contributed by atoms with Crippen LogP contribution in [0.4, 0.5) is 17.2 Å². The molecular weight excluding hydrogens is 336 g/mol. The second-order valence-corrected chi connectivity index (χ2v) is 6.71. The SMILES string of the molecule is COc1cccc(Nc2cc3c(cn2)NCCN(Cc2ccccc2)C3)c1. The zero-order chi connectivity index (χ0) is 18.5. The molecule has 0 radical (unpaired) electrons. The third-order valence-corrected chi connectivity index (χ3v) is 4.72. The van der Waals surface area contributed by atoms with Gasteiger partial charge in [0.2, 0.25) is 0 Å². The number of nitrogens with zero attached hydrogens (tertiary/aromatic N) is 2. The third kappa shape index (κ3) is 4.38. The van der Waals surface area contributed by atoms with Crippen molar-refractivity contribution >= 4 is 17.2 Å². The number of fused-ring (bicyclic) bond motifs is 1. The van der Waals surface area contributed by atoms with Gasteiger partial charge in [0, 0.05) is 37.9 Å². The Bertz CT molecular complexity index is 898. The lowest BCUT2D eigenvalue weighted by Gasteiger charge is -2.20. The van der Waals surface area contributed by atoms with Crippen LogP contribution in [-0.4, -0.2) is 30.1 Å². The highest BCUT2D eigenvalue weighted by Gasteiger charge is 2.15. The van der Waals surface area contributed by atoms with Crippen LogP contribution in [0.3, 0.4) is 0 Å². The summed E-state index contributed by atoms with van der Waals surface area (Å²) in [5, 5.41) is 6.87. The van der Waals surface area contributed by atoms with Gasteiger partial charge in [-0.15, -0.1) is 0 Å². The summed E-state index contributed by atoms with van der Waals surface area (Å²) in [6, 6.07) is 20.6. The summed E-state index contributed by atoms with van der Waals surface area (Å²) in [6.45, 7) is 3.77. The van der Waals surface area contributed by atoms with E-state index in [0.29, 0.717) is 0 Å². The second kappa shape index (κ2) is 8.10. The molecule has 27 heavy (non-hydrogen) atoms. The molecule has 2 heterocycles. The molecule has 2 N–H and O–H groups in total. The van der Waals surface area contributed by atoms with Crippen molar-refractivity contribution in [1.29, 1.82) is 0 Å². The van der Waals surface area contributed by atoms with E-state index in [4.69, 9.17) is 4.74 Å². The smallest absolute Gasteiger partial charge is 0.130 e. The predicted molar refractivity (Wildman–Crippen MR) is 110 cm³/mol. The number of hydrogen-bond acceptors (Lipinski definition) is 5. The van der Waals surface area contributed by atoms with Crippen LogP contribution in [0.1, 0.15) is 11.1 Å². The Morgan fingerprint density at radius 3 is 2.85 bits per heavy atom. The Kier molecular flexibility index (Phi) is 5.21. The second-order valence-electron chi connectivity index (χ2n) is 6.71. The van der Waals surface area contributed by atoms with Crippen LogP contribution in [0, 0.1) is 0 Å². The lowest BCUT2D eigenvalue weighted by Crippen LogP contribution is -2.25. The highest BCUT2D eigenvalue weighted by molar-refractivity contribution is 5.62. The molecule has 0 spiro atoms. The van der Waals surface area contributed by atoms with Crippen molar-refractivity contribution in [3.8, 4) is 5.75 Å². The summed E-state index contributed by atoms with van der Waals surface area (Å²) < 4.78 is 5.29. The average Bonchev–Trinajstić information content (AvgIpc) is 2.90. The van der Waals surface area contributed by atoms with Gasteiger partial charge in [-0.2, -0.15) is 0 Å². The van der Waals surface area contributed by atoms with Gasteiger partial charge in [-0.1, -0.05) is 36.4 Å². The molecule has 0 atom stereocenters. The minimum Gasteiger partial charge on any atom is -0.497 e. The Hall–Kier alpha value is -3.05. The molecule has 1 aliphatic heterocycles. The van der Waals surface area contributed by atoms with Gasteiger partial charge in [-0.3, -0.25) is 4.90 Å². The number of ether oxygens (including phenoxy) is 1. The van der Waals surface area contributed by atoms with E-state index in [9.17, 15) is 0 Å². The largest absolute Gasteiger partial charge is 0.497 e. The molecule has 5 heteroatoms. The molecular formula is C22H24N4O. The molecule has 1 aliphatic rings. The molecule has 0 aliphatic carbocycles. The first-order valence-corrected chi connectivity index (χ1v) is 9.20. The molecule has 0 amide bonds. The number of aromatic nitrogens is 1. The van der Waals surface area contributed by atoms with E-state index >= 15 is 0 Å². The maximum atomic E-state index is 5.29. The van der Waals surface area contributed by atoms with E-state index in [1.165, 1.54) is 11.1 Å². The number of hydrogen-bond donors (Lipinski definition) is 2. The molecule has 0 saturated carbocycles. The summed E-state index contributed by atoms with van der Waals surface area (Å²) in [4.78, 5) is 7.02. The van der Waals surface area contributed by atoms with Crippen molar-refractivity contribution in [2.75, 3.05) is 30.8 Å². The molecule has 0 fully saturated rings. The zero-order valence-electron chi connectivity index (χ0n) is 15.5. The first-order chi connectivity index (χ1) is 13.3. The van der Waals surface area contributed by atoms with E-state index in [1.54, 1.807) is 7.11 Å². The number of pyridine rings is 1. The van der Waals surface area contributed by atoms with Crippen molar-refractivity contribution in [1.82, 2.24) is 9.88 Å². The Morgan fingerprint density at radius 2 is 2.00 bits per heavy atom. The normalized spacial score (nSPS) is 14.0. The Labute approximate surface area is 160 Å². The molecule has 0 bridgehead atoms. The molecule has 0 saturated heterocycles. The quantitative estimate of drug-likeness (QED) is 0.712. The molecule has 5 nitrogen and oxygen atoms in total. The highest BCUT2D eigenvalue weighted by Crippen LogP contribution is 2.26. The van der Waals surface area contributed by atoms with Crippen LogP contribution in [0.5, 0.6) is 5.75 Å². The molecule has 3 aromatic rings. The van der Waals surface area contributed by atoms with Crippen molar-refractivity contribution in [3.05, 3.63) is 78.0 Å². The molecule has 138 valence electrons. The summed E-state index contributed by atoms with van der Waals surface area (Å²) in [7, 11) is 1.67. The fourth-order valence-electron chi connectivity index (χ4n) is 3.35. The summed E-state index contributed by atoms with van der Waals surface area (Å²) >= 11 is 0. The first kappa shape index (κ1) is 17.4. The summed E-state index contributed by atoms with van der Waals surface area (Å²) in [6.07, 6.45) is 1.92. The van der Waals surface area contributed by atoms with E-state index < -0.39 is 0 Å². The predicted octanol–water partition coefficient (Wildman–Crippen LogP) is 4.26. The first-order valence-electron chi connectivity index (χ1n) is 9.20. The van der Waals surface area contributed by atoms with Crippen LogP contribution in [0.2, 0.25) is 0 Å². The number of rotatable bonds is 5. The van der Waals surface area contributed by atoms with E-state index in [2.05, 4.69) is 56.9 Å². The fraction of sp³-hybridized carbons (Fsp3) is 0.227. The van der Waals surface area contributed by atoms with E-state index in [1.807, 2.05) is 30.5 Å². The monoisotopic (exact) mass is 360 g/mol. The lowest BCUT2D eigenvalue weighted by atomic mass is 10.1. The van der Waals surface area contributed by atoms with Gasteiger partial charge < -0.3 is 15.4 Å². The third-order valence-electron chi connectivity index (χ3n) is 4.72. The van der Waals surface area contributed by atoms with Gasteiger partial charge in [-0.25, -0.2) is 4.98 Å². The minimum absolute atomic E-state index is 0.825. The topological polar surface area (TPSA) is 49.4 Å². The number of nitrogens with one attached hydrogen (secondary N) is 2. The van der Waals surface area contributed by atoms with Crippen molar-refractivity contribution in [2.45, 2.75) is 13.1 Å². The van der Waals surface area contributed by atoms with Crippen LogP contribution in [0.25, 0.3) is 0 Å². The molecule has 1 aromatic heterocycles. The van der Waals surface area contributed by atoms with Crippen molar-refractivity contribution in [2.24, 2.45) is 0 Å². The summed E-state index contributed by atoms with van der Waals surface area (Å²) in [5.74, 6) is 1.66. The van der Waals surface area contributed by atoms with Gasteiger partial charge in [-0.05, 0) is 29.3 Å². The number of anilines is 3. The van der Waals surface area contributed by atoms with Crippen LogP contribution >= 0.6 is 0 Å². The molecule has 4 rings (SSSR count). The number of methoxy groups -OCH3 is 1. The summed E-state index contributed by atoms with van der Waals surface area (Å²) in [5.41, 5.74) is 4.67. The van der Waals surface area contributed by atoms with Gasteiger partial charge in [0.25, 0.3) is 0 Å². The van der Waals surface area contributed by atoms with Crippen LogP contribution in [-0.2, 0) is 13.1 Å². The van der Waals surface area contributed by atoms with E-state index in [-0.39, 0.29) is 0 Å². The van der Waals surface area contributed by atoms with E-state index in [0.717, 1.165) is 49.1 Å². The van der Waals surface area contributed by atoms with Gasteiger partial charge >= 0.3 is 0 Å². The lowest BCUT2D eigenvalue weighted by molar-refractivity contribution is 0.272. The van der Waals surface area contributed by atoms with Gasteiger partial charge in [0.1, 0.15) is 11.6 Å².